The first kappa shape index (κ1) is 29.4. The molecule has 1 aliphatic rings. The first-order chi connectivity index (χ1) is 16.7. The highest BCUT2D eigenvalue weighted by Crippen LogP contribution is 2.25. The van der Waals surface area contributed by atoms with Crippen molar-refractivity contribution in [2.45, 2.75) is 51.1 Å². The molecule has 1 heterocycles. The number of amides is 2. The number of nitrogens with two attached hydrogens (primary N) is 1. The summed E-state index contributed by atoms with van der Waals surface area (Å²) in [5.41, 5.74) is 6.69. The Labute approximate surface area is 214 Å². The highest BCUT2D eigenvalue weighted by molar-refractivity contribution is 6.35. The molecule has 2 rings (SSSR count). The van der Waals surface area contributed by atoms with Crippen molar-refractivity contribution in [1.82, 2.24) is 10.2 Å². The van der Waals surface area contributed by atoms with E-state index in [0.717, 1.165) is 13.0 Å². The van der Waals surface area contributed by atoms with E-state index in [1.807, 2.05) is 0 Å². The average Bonchev–Trinajstić information content (AvgIpc) is 2.77. The standard InChI is InChI=1S/C22H24Cl2F3N3O6/c1-3-7-30(8-6-12-4-5-13(23)9-14(12)24)19(32)18-17(29-11(2)31)15(28)10-16(35-18)20(33)36-21(34)22(25,26)27/h4-5,9-10,15,17-18H,3,6-8,28H2,1-2H3,(H,29,31)/t15-,17+,18+/m0/s1. The zero-order valence-electron chi connectivity index (χ0n) is 19.2. The van der Waals surface area contributed by atoms with Gasteiger partial charge in [0.25, 0.3) is 5.91 Å². The van der Waals surface area contributed by atoms with E-state index in [4.69, 9.17) is 33.7 Å². The predicted molar refractivity (Wildman–Crippen MR) is 123 cm³/mol. The molecule has 3 N–H and O–H groups in total. The van der Waals surface area contributed by atoms with Gasteiger partial charge in [-0.1, -0.05) is 36.2 Å². The number of carbonyl (C=O) groups is 4. The molecule has 3 atom stereocenters. The number of carbonyl (C=O) groups excluding carboxylic acids is 4. The van der Waals surface area contributed by atoms with E-state index in [2.05, 4.69) is 10.1 Å². The summed E-state index contributed by atoms with van der Waals surface area (Å²) in [6.07, 6.45) is -5.31. The van der Waals surface area contributed by atoms with Crippen molar-refractivity contribution in [3.05, 3.63) is 45.6 Å². The number of hydrogen-bond acceptors (Lipinski definition) is 7. The summed E-state index contributed by atoms with van der Waals surface area (Å²) in [5, 5.41) is 3.28. The molecule has 1 aliphatic heterocycles. The number of nitrogens with zero attached hydrogens (tertiary/aromatic N) is 1. The third-order valence-electron chi connectivity index (χ3n) is 5.04. The molecule has 0 spiro atoms. The molecule has 198 valence electrons. The number of nitrogens with one attached hydrogen (secondary N) is 1. The normalized spacial score (nSPS) is 19.6. The van der Waals surface area contributed by atoms with Crippen LogP contribution in [0.15, 0.2) is 30.0 Å². The maximum atomic E-state index is 13.4. The lowest BCUT2D eigenvalue weighted by Crippen LogP contribution is -2.61. The van der Waals surface area contributed by atoms with E-state index in [0.29, 0.717) is 28.5 Å². The summed E-state index contributed by atoms with van der Waals surface area (Å²) in [4.78, 5) is 49.7. The van der Waals surface area contributed by atoms with Crippen molar-refractivity contribution in [3.8, 4) is 0 Å². The van der Waals surface area contributed by atoms with Gasteiger partial charge in [-0.3, -0.25) is 9.59 Å². The van der Waals surface area contributed by atoms with Crippen LogP contribution in [-0.4, -0.2) is 66.1 Å². The van der Waals surface area contributed by atoms with Crippen LogP contribution >= 0.6 is 23.2 Å². The zero-order valence-corrected chi connectivity index (χ0v) is 20.7. The molecular weight excluding hydrogens is 530 g/mol. The van der Waals surface area contributed by atoms with E-state index in [-0.39, 0.29) is 13.1 Å². The first-order valence-electron chi connectivity index (χ1n) is 10.7. The Morgan fingerprint density at radius 3 is 2.42 bits per heavy atom. The Bertz CT molecular complexity index is 1050. The predicted octanol–water partition coefficient (Wildman–Crippen LogP) is 2.52. The lowest BCUT2D eigenvalue weighted by molar-refractivity contribution is -0.202. The Kier molecular flexibility index (Phi) is 10.1. The number of ether oxygens (including phenoxy) is 2. The van der Waals surface area contributed by atoms with Gasteiger partial charge in [0, 0.05) is 30.1 Å². The molecule has 9 nitrogen and oxygen atoms in total. The molecule has 1 aromatic carbocycles. The van der Waals surface area contributed by atoms with Crippen molar-refractivity contribution in [2.75, 3.05) is 13.1 Å². The summed E-state index contributed by atoms with van der Waals surface area (Å²) in [6, 6.07) is 2.49. The second-order valence-electron chi connectivity index (χ2n) is 7.86. The summed E-state index contributed by atoms with van der Waals surface area (Å²) in [6.45, 7) is 3.35. The maximum Gasteiger partial charge on any atom is 0.491 e. The molecule has 0 saturated heterocycles. The van der Waals surface area contributed by atoms with Gasteiger partial charge >= 0.3 is 18.1 Å². The van der Waals surface area contributed by atoms with Crippen molar-refractivity contribution >= 4 is 47.0 Å². The van der Waals surface area contributed by atoms with Gasteiger partial charge in [0.05, 0.1) is 12.1 Å². The molecule has 0 bridgehead atoms. The largest absolute Gasteiger partial charge is 0.491 e. The van der Waals surface area contributed by atoms with Gasteiger partial charge < -0.3 is 25.4 Å². The summed E-state index contributed by atoms with van der Waals surface area (Å²) in [7, 11) is 0. The Hall–Kier alpha value is -2.83. The van der Waals surface area contributed by atoms with Gasteiger partial charge in [0.15, 0.2) is 6.10 Å². The highest BCUT2D eigenvalue weighted by atomic mass is 35.5. The molecule has 2 amide bonds. The number of alkyl halides is 3. The Morgan fingerprint density at radius 2 is 1.86 bits per heavy atom. The van der Waals surface area contributed by atoms with Gasteiger partial charge in [-0.2, -0.15) is 13.2 Å². The van der Waals surface area contributed by atoms with E-state index in [1.54, 1.807) is 25.1 Å². The highest BCUT2D eigenvalue weighted by Gasteiger charge is 2.46. The van der Waals surface area contributed by atoms with Crippen LogP contribution in [0.25, 0.3) is 0 Å². The molecule has 0 fully saturated rings. The maximum absolute atomic E-state index is 13.4. The third-order valence-corrected chi connectivity index (χ3v) is 5.63. The van der Waals surface area contributed by atoms with Gasteiger partial charge in [-0.05, 0) is 36.6 Å². The summed E-state index contributed by atoms with van der Waals surface area (Å²) >= 11 is 12.1. The minimum Gasteiger partial charge on any atom is -0.471 e. The van der Waals surface area contributed by atoms with Crippen LogP contribution in [0, 0.1) is 0 Å². The number of hydrogen-bond donors (Lipinski definition) is 2. The van der Waals surface area contributed by atoms with Gasteiger partial charge in [0.2, 0.25) is 11.7 Å². The monoisotopic (exact) mass is 553 g/mol. The number of rotatable bonds is 8. The molecule has 0 aliphatic carbocycles. The van der Waals surface area contributed by atoms with Gasteiger partial charge in [-0.25, -0.2) is 9.59 Å². The van der Waals surface area contributed by atoms with Crippen LogP contribution in [-0.2, 0) is 35.1 Å². The molecule has 0 unspecified atom stereocenters. The third kappa shape index (κ3) is 7.84. The minimum atomic E-state index is -5.43. The van der Waals surface area contributed by atoms with Crippen LogP contribution in [0.2, 0.25) is 10.0 Å². The van der Waals surface area contributed by atoms with Crippen molar-refractivity contribution in [1.29, 1.82) is 0 Å². The van der Waals surface area contributed by atoms with E-state index in [9.17, 15) is 32.3 Å². The molecule has 36 heavy (non-hydrogen) atoms. The SMILES string of the molecule is CCCN(CCc1ccc(Cl)cc1Cl)C(=O)[C@@H]1OC(C(=O)OC(=O)C(F)(F)F)=C[C@H](N)[C@H]1NC(C)=O. The van der Waals surface area contributed by atoms with Crippen LogP contribution in [0.4, 0.5) is 13.2 Å². The smallest absolute Gasteiger partial charge is 0.471 e. The van der Waals surface area contributed by atoms with Gasteiger partial charge in [-0.15, -0.1) is 0 Å². The summed E-state index contributed by atoms with van der Waals surface area (Å²) < 4.78 is 46.6. The van der Waals surface area contributed by atoms with E-state index >= 15 is 0 Å². The Balaban J connectivity index is 2.29. The van der Waals surface area contributed by atoms with E-state index in [1.165, 1.54) is 4.90 Å². The average molecular weight is 554 g/mol. The molecular formula is C22H24Cl2F3N3O6. The fraction of sp³-hybridized carbons (Fsp3) is 0.455. The minimum absolute atomic E-state index is 0.145. The molecule has 14 heteroatoms. The van der Waals surface area contributed by atoms with E-state index < -0.39 is 53.9 Å². The number of benzene rings is 1. The quantitative estimate of drug-likeness (QED) is 0.374. The van der Waals surface area contributed by atoms with Gasteiger partial charge in [0.1, 0.15) is 0 Å². The van der Waals surface area contributed by atoms with Crippen molar-refractivity contribution in [3.63, 3.8) is 0 Å². The van der Waals surface area contributed by atoms with Crippen LogP contribution in [0.5, 0.6) is 0 Å². The fourth-order valence-corrected chi connectivity index (χ4v) is 3.91. The second-order valence-corrected chi connectivity index (χ2v) is 8.70. The molecule has 0 saturated carbocycles. The number of halogens is 5. The topological polar surface area (TPSA) is 128 Å². The fourth-order valence-electron chi connectivity index (χ4n) is 3.41. The second kappa shape index (κ2) is 12.4. The van der Waals surface area contributed by atoms with Crippen molar-refractivity contribution < 1.29 is 41.8 Å². The number of esters is 2. The molecule has 0 aromatic heterocycles. The van der Waals surface area contributed by atoms with Crippen LogP contribution in [0.3, 0.4) is 0 Å². The molecule has 0 radical (unpaired) electrons. The van der Waals surface area contributed by atoms with Crippen molar-refractivity contribution in [2.24, 2.45) is 5.73 Å². The first-order valence-corrected chi connectivity index (χ1v) is 11.5. The lowest BCUT2D eigenvalue weighted by Gasteiger charge is -2.37. The molecule has 1 aromatic rings. The lowest BCUT2D eigenvalue weighted by atomic mass is 9.97. The zero-order chi connectivity index (χ0) is 27.2. The summed E-state index contributed by atoms with van der Waals surface area (Å²) in [5.74, 6) is -6.67. The Morgan fingerprint density at radius 1 is 1.19 bits per heavy atom. The van der Waals surface area contributed by atoms with Crippen LogP contribution in [0.1, 0.15) is 25.8 Å². The van der Waals surface area contributed by atoms with Crippen LogP contribution < -0.4 is 11.1 Å².